The number of rotatable bonds is 3. The molecule has 2 aliphatic heterocycles. The van der Waals surface area contributed by atoms with Gasteiger partial charge in [-0.1, -0.05) is 0 Å². The van der Waals surface area contributed by atoms with Gasteiger partial charge >= 0.3 is 18.0 Å². The molecule has 2 N–H and O–H groups in total. The molecular weight excluding hydrogens is 280 g/mol. The number of carbonyl (C=O) groups excluding carboxylic acids is 2. The number of esters is 1. The highest BCUT2D eigenvalue weighted by molar-refractivity contribution is 5.80. The van der Waals surface area contributed by atoms with Gasteiger partial charge in [-0.2, -0.15) is 0 Å². The van der Waals surface area contributed by atoms with Gasteiger partial charge in [-0.15, -0.1) is 0 Å². The zero-order chi connectivity index (χ0) is 15.6. The van der Waals surface area contributed by atoms with Crippen LogP contribution in [0.4, 0.5) is 4.79 Å². The number of methoxy groups -OCH3 is 1. The topological polar surface area (TPSA) is 105 Å². The number of carbonyl (C=O) groups is 3. The number of carboxylic acids is 1. The van der Waals surface area contributed by atoms with Crippen LogP contribution >= 0.6 is 0 Å². The van der Waals surface area contributed by atoms with Gasteiger partial charge in [0.1, 0.15) is 5.41 Å². The number of hydrogen-bond acceptors (Lipinski definition) is 5. The lowest BCUT2D eigenvalue weighted by Crippen LogP contribution is -2.53. The van der Waals surface area contributed by atoms with Crippen molar-refractivity contribution < 1.29 is 29.0 Å². The van der Waals surface area contributed by atoms with Crippen LogP contribution < -0.4 is 5.32 Å². The summed E-state index contributed by atoms with van der Waals surface area (Å²) in [6.07, 6.45) is 0.553. The molecule has 3 atom stereocenters. The molecule has 118 valence electrons. The van der Waals surface area contributed by atoms with E-state index in [1.54, 1.807) is 6.92 Å². The van der Waals surface area contributed by atoms with Crippen LogP contribution in [0, 0.1) is 11.3 Å². The van der Waals surface area contributed by atoms with Crippen LogP contribution in [0.1, 0.15) is 13.3 Å². The van der Waals surface area contributed by atoms with Gasteiger partial charge in [-0.25, -0.2) is 4.79 Å². The SMILES string of the molecule is COC(=O)C1CCN(C(=O)NC2COCC2(C)C(=O)O)C1. The maximum Gasteiger partial charge on any atom is 0.317 e. The molecule has 21 heavy (non-hydrogen) atoms. The van der Waals surface area contributed by atoms with Crippen LogP contribution in [-0.4, -0.2) is 67.4 Å². The third kappa shape index (κ3) is 2.94. The predicted molar refractivity (Wildman–Crippen MR) is 70.6 cm³/mol. The van der Waals surface area contributed by atoms with Crippen molar-refractivity contribution in [2.24, 2.45) is 11.3 Å². The maximum absolute atomic E-state index is 12.2. The molecule has 0 saturated carbocycles. The van der Waals surface area contributed by atoms with E-state index in [9.17, 15) is 19.5 Å². The third-order valence-electron chi connectivity index (χ3n) is 4.25. The summed E-state index contributed by atoms with van der Waals surface area (Å²) in [4.78, 5) is 36.4. The number of aliphatic carboxylic acids is 1. The molecule has 0 bridgehead atoms. The number of ether oxygens (including phenoxy) is 2. The molecule has 2 heterocycles. The number of amides is 2. The summed E-state index contributed by atoms with van der Waals surface area (Å²) < 4.78 is 9.85. The summed E-state index contributed by atoms with van der Waals surface area (Å²) in [6, 6.07) is -0.955. The molecule has 2 saturated heterocycles. The predicted octanol–water partition coefficient (Wildman–Crippen LogP) is -0.319. The molecule has 0 aliphatic carbocycles. The fourth-order valence-corrected chi connectivity index (χ4v) is 2.63. The van der Waals surface area contributed by atoms with Gasteiger partial charge in [-0.05, 0) is 13.3 Å². The molecule has 0 radical (unpaired) electrons. The number of urea groups is 1. The van der Waals surface area contributed by atoms with E-state index >= 15 is 0 Å². The summed E-state index contributed by atoms with van der Waals surface area (Å²) in [5.74, 6) is -1.64. The first-order valence-electron chi connectivity index (χ1n) is 6.83. The normalized spacial score (nSPS) is 32.0. The van der Waals surface area contributed by atoms with Gasteiger partial charge in [0.05, 0.1) is 32.3 Å². The van der Waals surface area contributed by atoms with Crippen LogP contribution in [0.25, 0.3) is 0 Å². The van der Waals surface area contributed by atoms with E-state index in [2.05, 4.69) is 10.1 Å². The zero-order valence-electron chi connectivity index (χ0n) is 12.1. The molecule has 2 amide bonds. The van der Waals surface area contributed by atoms with Gasteiger partial charge < -0.3 is 24.8 Å². The molecule has 8 heteroatoms. The lowest BCUT2D eigenvalue weighted by molar-refractivity contribution is -0.148. The Kier molecular flexibility index (Phi) is 4.36. The fourth-order valence-electron chi connectivity index (χ4n) is 2.63. The van der Waals surface area contributed by atoms with Gasteiger partial charge in [0.2, 0.25) is 0 Å². The number of nitrogens with zero attached hydrogens (tertiary/aromatic N) is 1. The average Bonchev–Trinajstić information content (AvgIpc) is 3.06. The summed E-state index contributed by atoms with van der Waals surface area (Å²) >= 11 is 0. The largest absolute Gasteiger partial charge is 0.481 e. The minimum absolute atomic E-state index is 0.0675. The first kappa shape index (κ1) is 15.6. The molecule has 0 aromatic rings. The van der Waals surface area contributed by atoms with Crippen LogP contribution in [0.3, 0.4) is 0 Å². The summed E-state index contributed by atoms with van der Waals surface area (Å²) in [6.45, 7) is 2.52. The smallest absolute Gasteiger partial charge is 0.317 e. The van der Waals surface area contributed by atoms with E-state index in [0.717, 1.165) is 0 Å². The van der Waals surface area contributed by atoms with Crippen molar-refractivity contribution in [1.29, 1.82) is 0 Å². The Morgan fingerprint density at radius 3 is 2.76 bits per heavy atom. The van der Waals surface area contributed by atoms with E-state index in [1.165, 1.54) is 12.0 Å². The highest BCUT2D eigenvalue weighted by Crippen LogP contribution is 2.29. The molecule has 2 aliphatic rings. The van der Waals surface area contributed by atoms with E-state index in [0.29, 0.717) is 13.0 Å². The number of hydrogen-bond donors (Lipinski definition) is 2. The number of carboxylic acid groups (broad SMARTS) is 1. The standard InChI is InChI=1S/C13H20N2O6/c1-13(11(17)18)7-21-6-9(13)14-12(19)15-4-3-8(5-15)10(16)20-2/h8-9H,3-7H2,1-2H3,(H,14,19)(H,17,18). The Morgan fingerprint density at radius 1 is 1.43 bits per heavy atom. The maximum atomic E-state index is 12.2. The van der Waals surface area contributed by atoms with Gasteiger partial charge in [0, 0.05) is 13.1 Å². The number of nitrogens with one attached hydrogen (secondary N) is 1. The van der Waals surface area contributed by atoms with E-state index in [4.69, 9.17) is 4.74 Å². The monoisotopic (exact) mass is 300 g/mol. The zero-order valence-corrected chi connectivity index (χ0v) is 12.1. The van der Waals surface area contributed by atoms with Crippen LogP contribution in [0.15, 0.2) is 0 Å². The average molecular weight is 300 g/mol. The lowest BCUT2D eigenvalue weighted by atomic mass is 9.85. The highest BCUT2D eigenvalue weighted by atomic mass is 16.5. The summed E-state index contributed by atoms with van der Waals surface area (Å²) in [5, 5.41) is 12.0. The fraction of sp³-hybridized carbons (Fsp3) is 0.769. The summed E-state index contributed by atoms with van der Waals surface area (Å²) in [5.41, 5.74) is -1.13. The minimum atomic E-state index is -1.13. The first-order valence-corrected chi connectivity index (χ1v) is 6.83. The van der Waals surface area contributed by atoms with Crippen molar-refractivity contribution >= 4 is 18.0 Å². The van der Waals surface area contributed by atoms with Crippen molar-refractivity contribution in [1.82, 2.24) is 10.2 Å². The molecule has 8 nitrogen and oxygen atoms in total. The Bertz CT molecular complexity index is 454. The van der Waals surface area contributed by atoms with Gasteiger partial charge in [0.25, 0.3) is 0 Å². The van der Waals surface area contributed by atoms with Crippen LogP contribution in [-0.2, 0) is 19.1 Å². The second kappa shape index (κ2) is 5.88. The Hall–Kier alpha value is -1.83. The van der Waals surface area contributed by atoms with Crippen molar-refractivity contribution in [3.63, 3.8) is 0 Å². The summed E-state index contributed by atoms with van der Waals surface area (Å²) in [7, 11) is 1.32. The quantitative estimate of drug-likeness (QED) is 0.692. The Balaban J connectivity index is 1.93. The van der Waals surface area contributed by atoms with Crippen molar-refractivity contribution in [3.05, 3.63) is 0 Å². The molecule has 0 aromatic carbocycles. The van der Waals surface area contributed by atoms with Crippen LogP contribution in [0.2, 0.25) is 0 Å². The molecule has 2 rings (SSSR count). The third-order valence-corrected chi connectivity index (χ3v) is 4.25. The second-order valence-corrected chi connectivity index (χ2v) is 5.69. The van der Waals surface area contributed by atoms with Gasteiger partial charge in [-0.3, -0.25) is 9.59 Å². The highest BCUT2D eigenvalue weighted by Gasteiger charge is 2.48. The molecule has 0 spiro atoms. The second-order valence-electron chi connectivity index (χ2n) is 5.69. The minimum Gasteiger partial charge on any atom is -0.481 e. The molecule has 3 unspecified atom stereocenters. The van der Waals surface area contributed by atoms with Crippen molar-refractivity contribution in [2.75, 3.05) is 33.4 Å². The molecule has 0 aromatic heterocycles. The Labute approximate surface area is 122 Å². The van der Waals surface area contributed by atoms with Crippen LogP contribution in [0.5, 0.6) is 0 Å². The van der Waals surface area contributed by atoms with Crippen molar-refractivity contribution in [3.8, 4) is 0 Å². The van der Waals surface area contributed by atoms with E-state index in [-0.39, 0.29) is 37.7 Å². The van der Waals surface area contributed by atoms with E-state index in [1.807, 2.05) is 0 Å². The Morgan fingerprint density at radius 2 is 2.14 bits per heavy atom. The molecular formula is C13H20N2O6. The lowest BCUT2D eigenvalue weighted by Gasteiger charge is -2.27. The van der Waals surface area contributed by atoms with Gasteiger partial charge in [0.15, 0.2) is 0 Å². The van der Waals surface area contributed by atoms with E-state index < -0.39 is 17.4 Å². The first-order chi connectivity index (χ1) is 9.88. The number of likely N-dealkylation sites (tertiary alicyclic amines) is 1. The van der Waals surface area contributed by atoms with Crippen molar-refractivity contribution in [2.45, 2.75) is 19.4 Å². The molecule has 2 fully saturated rings.